The first-order valence-electron chi connectivity index (χ1n) is 5.80. The summed E-state index contributed by atoms with van der Waals surface area (Å²) in [6.07, 6.45) is 6.32. The largest absolute Gasteiger partial charge is 0.388 e. The van der Waals surface area contributed by atoms with E-state index in [9.17, 15) is 5.11 Å². The highest BCUT2D eigenvalue weighted by atomic mass is 16.3. The third-order valence-electron chi connectivity index (χ3n) is 2.41. The van der Waals surface area contributed by atoms with Gasteiger partial charge in [-0.25, -0.2) is 0 Å². The molecule has 0 aromatic heterocycles. The van der Waals surface area contributed by atoms with Crippen LogP contribution in [0.5, 0.6) is 0 Å². The van der Waals surface area contributed by atoms with Crippen LogP contribution < -0.4 is 0 Å². The Morgan fingerprint density at radius 3 is 2.14 bits per heavy atom. The van der Waals surface area contributed by atoms with Gasteiger partial charge in [-0.05, 0) is 23.8 Å². The van der Waals surface area contributed by atoms with Gasteiger partial charge in [0.25, 0.3) is 0 Å². The summed E-state index contributed by atoms with van der Waals surface area (Å²) in [4.78, 5) is 0. The molecule has 0 aromatic carbocycles. The minimum Gasteiger partial charge on any atom is -0.388 e. The minimum absolute atomic E-state index is 0.0330. The molecule has 0 aliphatic heterocycles. The highest BCUT2D eigenvalue weighted by molar-refractivity contribution is 5.11. The number of aliphatic hydroxyl groups is 1. The van der Waals surface area contributed by atoms with Crippen LogP contribution in [0.15, 0.2) is 11.6 Å². The van der Waals surface area contributed by atoms with Crippen LogP contribution in [0.2, 0.25) is 0 Å². The Balaban J connectivity index is 4.48. The second kappa shape index (κ2) is 6.23. The maximum atomic E-state index is 10.1. The van der Waals surface area contributed by atoms with Crippen LogP contribution in [0.3, 0.4) is 0 Å². The van der Waals surface area contributed by atoms with Crippen molar-refractivity contribution in [3.05, 3.63) is 11.6 Å². The van der Waals surface area contributed by atoms with E-state index in [0.717, 1.165) is 25.7 Å². The van der Waals surface area contributed by atoms with Crippen molar-refractivity contribution in [2.45, 2.75) is 66.4 Å². The van der Waals surface area contributed by atoms with E-state index in [0.29, 0.717) is 0 Å². The van der Waals surface area contributed by atoms with E-state index in [1.54, 1.807) is 0 Å². The van der Waals surface area contributed by atoms with Crippen LogP contribution in [0.4, 0.5) is 0 Å². The highest BCUT2D eigenvalue weighted by Crippen LogP contribution is 2.27. The lowest BCUT2D eigenvalue weighted by molar-refractivity contribution is 0.0913. The molecule has 1 nitrogen and oxygen atoms in total. The van der Waals surface area contributed by atoms with Gasteiger partial charge in [0.15, 0.2) is 0 Å². The van der Waals surface area contributed by atoms with E-state index in [1.807, 2.05) is 0 Å². The van der Waals surface area contributed by atoms with Crippen LogP contribution in [-0.4, -0.2) is 11.2 Å². The quantitative estimate of drug-likeness (QED) is 0.664. The Bertz CT molecular complexity index is 174. The van der Waals surface area contributed by atoms with E-state index in [2.05, 4.69) is 40.7 Å². The first-order valence-corrected chi connectivity index (χ1v) is 5.80. The summed E-state index contributed by atoms with van der Waals surface area (Å²) in [5, 5.41) is 10.1. The average molecular weight is 198 g/mol. The molecule has 0 bridgehead atoms. The van der Waals surface area contributed by atoms with E-state index < -0.39 is 0 Å². The fourth-order valence-electron chi connectivity index (χ4n) is 1.53. The minimum atomic E-state index is -0.283. The van der Waals surface area contributed by atoms with E-state index >= 15 is 0 Å². The van der Waals surface area contributed by atoms with Gasteiger partial charge in [-0.2, -0.15) is 0 Å². The molecule has 0 rings (SSSR count). The number of aliphatic hydroxyl groups excluding tert-OH is 1. The van der Waals surface area contributed by atoms with Crippen molar-refractivity contribution in [3.63, 3.8) is 0 Å². The van der Waals surface area contributed by atoms with Crippen molar-refractivity contribution in [3.8, 4) is 0 Å². The van der Waals surface area contributed by atoms with Crippen LogP contribution >= 0.6 is 0 Å². The molecular formula is C13H26O. The Morgan fingerprint density at radius 2 is 1.79 bits per heavy atom. The van der Waals surface area contributed by atoms with Crippen LogP contribution in [-0.2, 0) is 0 Å². The second-order valence-corrected chi connectivity index (χ2v) is 5.09. The molecule has 0 heterocycles. The van der Waals surface area contributed by atoms with Crippen LogP contribution in [0, 0.1) is 5.41 Å². The van der Waals surface area contributed by atoms with Crippen molar-refractivity contribution in [2.24, 2.45) is 5.41 Å². The molecule has 0 aliphatic rings. The van der Waals surface area contributed by atoms with Crippen LogP contribution in [0.1, 0.15) is 60.3 Å². The van der Waals surface area contributed by atoms with Gasteiger partial charge in [0.05, 0.1) is 6.10 Å². The molecule has 1 heteroatoms. The highest BCUT2D eigenvalue weighted by Gasteiger charge is 2.24. The van der Waals surface area contributed by atoms with Gasteiger partial charge in [-0.3, -0.25) is 0 Å². The van der Waals surface area contributed by atoms with Gasteiger partial charge < -0.3 is 5.11 Å². The van der Waals surface area contributed by atoms with Gasteiger partial charge in [0.2, 0.25) is 0 Å². The molecule has 1 atom stereocenters. The molecule has 0 fully saturated rings. The summed E-state index contributed by atoms with van der Waals surface area (Å²) in [6.45, 7) is 10.6. The van der Waals surface area contributed by atoms with Gasteiger partial charge >= 0.3 is 0 Å². The molecule has 0 aromatic rings. The first-order chi connectivity index (χ1) is 6.43. The number of hydrogen-bond acceptors (Lipinski definition) is 1. The molecule has 1 unspecified atom stereocenters. The zero-order valence-electron chi connectivity index (χ0n) is 10.4. The monoisotopic (exact) mass is 198 g/mol. The van der Waals surface area contributed by atoms with Crippen molar-refractivity contribution >= 4 is 0 Å². The lowest BCUT2D eigenvalue weighted by Crippen LogP contribution is -2.28. The summed E-state index contributed by atoms with van der Waals surface area (Å²) in [6, 6.07) is 0. The maximum absolute atomic E-state index is 10.1. The van der Waals surface area contributed by atoms with Gasteiger partial charge in [-0.15, -0.1) is 0 Å². The standard InChI is InChI=1S/C13H26O/c1-6-8-10-11(9-7-2)12(14)13(3,4)5/h10,12,14H,6-9H2,1-5H3/b11-10+. The molecule has 0 saturated carbocycles. The average Bonchev–Trinajstić information content (AvgIpc) is 2.09. The number of allylic oxidation sites excluding steroid dienone is 1. The third-order valence-corrected chi connectivity index (χ3v) is 2.41. The number of unbranched alkanes of at least 4 members (excludes halogenated alkanes) is 1. The van der Waals surface area contributed by atoms with E-state index in [1.165, 1.54) is 5.57 Å². The van der Waals surface area contributed by atoms with Gasteiger partial charge in [-0.1, -0.05) is 53.5 Å². The lowest BCUT2D eigenvalue weighted by Gasteiger charge is -2.28. The smallest absolute Gasteiger partial charge is 0.0798 e. The zero-order valence-corrected chi connectivity index (χ0v) is 10.4. The fourth-order valence-corrected chi connectivity index (χ4v) is 1.53. The van der Waals surface area contributed by atoms with Crippen molar-refractivity contribution in [1.29, 1.82) is 0 Å². The SMILES string of the molecule is CCC/C=C(\CCC)C(O)C(C)(C)C. The zero-order chi connectivity index (χ0) is 11.2. The normalized spacial score (nSPS) is 15.7. The topological polar surface area (TPSA) is 20.2 Å². The molecule has 0 spiro atoms. The Hall–Kier alpha value is -0.300. The number of rotatable bonds is 5. The van der Waals surface area contributed by atoms with E-state index in [4.69, 9.17) is 0 Å². The summed E-state index contributed by atoms with van der Waals surface area (Å²) in [5.41, 5.74) is 1.19. The van der Waals surface area contributed by atoms with Crippen molar-refractivity contribution < 1.29 is 5.11 Å². The van der Waals surface area contributed by atoms with Crippen LogP contribution in [0.25, 0.3) is 0 Å². The first kappa shape index (κ1) is 13.7. The molecule has 0 radical (unpaired) electrons. The lowest BCUT2D eigenvalue weighted by atomic mass is 9.82. The third kappa shape index (κ3) is 4.80. The molecule has 0 aliphatic carbocycles. The molecule has 84 valence electrons. The van der Waals surface area contributed by atoms with Crippen molar-refractivity contribution in [1.82, 2.24) is 0 Å². The molecular weight excluding hydrogens is 172 g/mol. The molecule has 14 heavy (non-hydrogen) atoms. The van der Waals surface area contributed by atoms with Gasteiger partial charge in [0, 0.05) is 0 Å². The predicted octanol–water partition coefficient (Wildman–Crippen LogP) is 3.92. The Kier molecular flexibility index (Phi) is 6.10. The summed E-state index contributed by atoms with van der Waals surface area (Å²) >= 11 is 0. The Morgan fingerprint density at radius 1 is 1.21 bits per heavy atom. The summed E-state index contributed by atoms with van der Waals surface area (Å²) in [5.74, 6) is 0. The summed E-state index contributed by atoms with van der Waals surface area (Å²) in [7, 11) is 0. The predicted molar refractivity (Wildman–Crippen MR) is 63.4 cm³/mol. The van der Waals surface area contributed by atoms with E-state index in [-0.39, 0.29) is 11.5 Å². The van der Waals surface area contributed by atoms with Gasteiger partial charge in [0.1, 0.15) is 0 Å². The number of hydrogen-bond donors (Lipinski definition) is 1. The van der Waals surface area contributed by atoms with Crippen molar-refractivity contribution in [2.75, 3.05) is 0 Å². The fraction of sp³-hybridized carbons (Fsp3) is 0.846. The summed E-state index contributed by atoms with van der Waals surface area (Å²) < 4.78 is 0. The maximum Gasteiger partial charge on any atom is 0.0798 e. The molecule has 0 amide bonds. The molecule has 1 N–H and O–H groups in total. The Labute approximate surface area is 89.2 Å². The second-order valence-electron chi connectivity index (χ2n) is 5.09. The molecule has 0 saturated heterocycles.